The molecule has 0 bridgehead atoms. The average Bonchev–Trinajstić information content (AvgIpc) is 2.54. The zero-order valence-corrected chi connectivity index (χ0v) is 9.66. The molecule has 0 aliphatic heterocycles. The smallest absolute Gasteiger partial charge is 0.230 e. The maximum atomic E-state index is 5.83. The van der Waals surface area contributed by atoms with Gasteiger partial charge in [-0.15, -0.1) is 6.42 Å². The molecule has 0 radical (unpaired) electrons. The number of furan rings is 1. The summed E-state index contributed by atoms with van der Waals surface area (Å²) in [7, 11) is 0. The summed E-state index contributed by atoms with van der Waals surface area (Å²) < 4.78 is 5.41. The van der Waals surface area contributed by atoms with Gasteiger partial charge in [-0.25, -0.2) is 4.98 Å². The average molecular weight is 214 g/mol. The highest BCUT2D eigenvalue weighted by Gasteiger charge is 2.18. The summed E-state index contributed by atoms with van der Waals surface area (Å²) >= 11 is 0. The van der Waals surface area contributed by atoms with Crippen molar-refractivity contribution in [3.8, 4) is 12.3 Å². The van der Waals surface area contributed by atoms with Gasteiger partial charge in [0.1, 0.15) is 0 Å². The predicted octanol–water partition coefficient (Wildman–Crippen LogP) is 2.69. The van der Waals surface area contributed by atoms with Crippen molar-refractivity contribution in [2.45, 2.75) is 26.2 Å². The molecule has 0 unspecified atom stereocenters. The second kappa shape index (κ2) is 3.28. The minimum absolute atomic E-state index is 0.0218. The van der Waals surface area contributed by atoms with E-state index in [1.165, 1.54) is 0 Å². The van der Waals surface area contributed by atoms with E-state index in [9.17, 15) is 0 Å². The Morgan fingerprint density at radius 1 is 1.38 bits per heavy atom. The molecule has 0 saturated carbocycles. The van der Waals surface area contributed by atoms with Crippen LogP contribution >= 0.6 is 0 Å². The van der Waals surface area contributed by atoms with Crippen LogP contribution < -0.4 is 5.73 Å². The molecule has 2 aromatic heterocycles. The van der Waals surface area contributed by atoms with Crippen LogP contribution in [0.25, 0.3) is 11.1 Å². The van der Waals surface area contributed by atoms with Gasteiger partial charge < -0.3 is 10.2 Å². The quantitative estimate of drug-likeness (QED) is 0.686. The van der Waals surface area contributed by atoms with Crippen LogP contribution in [-0.2, 0) is 5.41 Å². The highest BCUT2D eigenvalue weighted by atomic mass is 16.3. The molecule has 2 heterocycles. The summed E-state index contributed by atoms with van der Waals surface area (Å²) in [6, 6.07) is 3.86. The van der Waals surface area contributed by atoms with E-state index in [0.717, 1.165) is 11.1 Å². The summed E-state index contributed by atoms with van der Waals surface area (Å²) in [5.41, 5.74) is 7.77. The number of nitrogens with zero attached hydrogens (tertiary/aromatic N) is 1. The monoisotopic (exact) mass is 214 g/mol. The Labute approximate surface area is 94.7 Å². The van der Waals surface area contributed by atoms with E-state index in [2.05, 4.69) is 31.7 Å². The minimum atomic E-state index is -0.0218. The number of anilines is 1. The van der Waals surface area contributed by atoms with Crippen LogP contribution in [0.1, 0.15) is 32.2 Å². The Bertz CT molecular complexity index is 582. The van der Waals surface area contributed by atoms with Crippen molar-refractivity contribution in [2.75, 3.05) is 5.73 Å². The molecule has 0 spiro atoms. The first-order valence-corrected chi connectivity index (χ1v) is 5.09. The van der Waals surface area contributed by atoms with Crippen molar-refractivity contribution in [2.24, 2.45) is 0 Å². The van der Waals surface area contributed by atoms with Crippen molar-refractivity contribution < 1.29 is 4.42 Å². The van der Waals surface area contributed by atoms with Crippen molar-refractivity contribution in [1.29, 1.82) is 0 Å². The molecule has 0 fully saturated rings. The van der Waals surface area contributed by atoms with Crippen LogP contribution in [0.2, 0.25) is 0 Å². The second-order valence-corrected chi connectivity index (χ2v) is 4.79. The molecule has 2 N–H and O–H groups in total. The first-order chi connectivity index (χ1) is 7.43. The first kappa shape index (κ1) is 10.6. The van der Waals surface area contributed by atoms with Gasteiger partial charge in [-0.1, -0.05) is 20.8 Å². The molecule has 16 heavy (non-hydrogen) atoms. The van der Waals surface area contributed by atoms with Crippen LogP contribution in [0.4, 0.5) is 5.69 Å². The lowest BCUT2D eigenvalue weighted by molar-refractivity contribution is 0.551. The van der Waals surface area contributed by atoms with Crippen LogP contribution in [0.15, 0.2) is 16.5 Å². The number of aromatic nitrogens is 1. The summed E-state index contributed by atoms with van der Waals surface area (Å²) in [5, 5.41) is 0.779. The van der Waals surface area contributed by atoms with Gasteiger partial charge in [0.2, 0.25) is 11.5 Å². The molecule has 3 nitrogen and oxygen atoms in total. The molecule has 0 aromatic carbocycles. The summed E-state index contributed by atoms with van der Waals surface area (Å²) in [5.74, 6) is 2.77. The third-order valence-corrected chi connectivity index (χ3v) is 2.49. The van der Waals surface area contributed by atoms with E-state index in [0.29, 0.717) is 17.2 Å². The standard InChI is InChI=1S/C13H14N2O/c1-5-9-11(14)8-6-7-10(13(2,3)4)15-12(8)16-9/h1,6-7H,14H2,2-4H3. The fourth-order valence-electron chi connectivity index (χ4n) is 1.52. The van der Waals surface area contributed by atoms with Gasteiger partial charge in [0.15, 0.2) is 0 Å². The highest BCUT2D eigenvalue weighted by Crippen LogP contribution is 2.29. The van der Waals surface area contributed by atoms with E-state index >= 15 is 0 Å². The molecule has 3 heteroatoms. The molecule has 0 aliphatic rings. The van der Waals surface area contributed by atoms with E-state index in [1.807, 2.05) is 12.1 Å². The number of fused-ring (bicyclic) bond motifs is 1. The summed E-state index contributed by atoms with van der Waals surface area (Å²) in [6.07, 6.45) is 5.29. The maximum absolute atomic E-state index is 5.83. The third kappa shape index (κ3) is 1.53. The maximum Gasteiger partial charge on any atom is 0.230 e. The van der Waals surface area contributed by atoms with Crippen LogP contribution in [0.5, 0.6) is 0 Å². The van der Waals surface area contributed by atoms with E-state index in [1.54, 1.807) is 0 Å². The fraction of sp³-hybridized carbons (Fsp3) is 0.308. The lowest BCUT2D eigenvalue weighted by Gasteiger charge is -2.16. The normalized spacial score (nSPS) is 11.6. The number of nitrogens with two attached hydrogens (primary N) is 1. The third-order valence-electron chi connectivity index (χ3n) is 2.49. The van der Waals surface area contributed by atoms with Crippen molar-refractivity contribution >= 4 is 16.8 Å². The summed E-state index contributed by atoms with van der Waals surface area (Å²) in [6.45, 7) is 6.28. The van der Waals surface area contributed by atoms with E-state index in [4.69, 9.17) is 16.6 Å². The number of hydrogen-bond donors (Lipinski definition) is 1. The van der Waals surface area contributed by atoms with Gasteiger partial charge in [0, 0.05) is 11.1 Å². The number of hydrogen-bond acceptors (Lipinski definition) is 3. The molecule has 0 atom stereocenters. The minimum Gasteiger partial charge on any atom is -0.427 e. The van der Waals surface area contributed by atoms with E-state index < -0.39 is 0 Å². The lowest BCUT2D eigenvalue weighted by atomic mass is 9.91. The van der Waals surface area contributed by atoms with E-state index in [-0.39, 0.29) is 5.41 Å². The number of rotatable bonds is 0. The van der Waals surface area contributed by atoms with Crippen LogP contribution in [0.3, 0.4) is 0 Å². The Morgan fingerprint density at radius 2 is 2.06 bits per heavy atom. The molecular formula is C13H14N2O. The van der Waals surface area contributed by atoms with Gasteiger partial charge in [0.05, 0.1) is 11.1 Å². The zero-order chi connectivity index (χ0) is 11.9. The molecular weight excluding hydrogens is 200 g/mol. The van der Waals surface area contributed by atoms with Crippen LogP contribution in [-0.4, -0.2) is 4.98 Å². The number of terminal acetylenes is 1. The highest BCUT2D eigenvalue weighted by molar-refractivity contribution is 5.90. The molecule has 0 aliphatic carbocycles. The molecule has 0 saturated heterocycles. The predicted molar refractivity (Wildman–Crippen MR) is 65.1 cm³/mol. The fourth-order valence-corrected chi connectivity index (χ4v) is 1.52. The largest absolute Gasteiger partial charge is 0.427 e. The van der Waals surface area contributed by atoms with Gasteiger partial charge in [-0.2, -0.15) is 0 Å². The Morgan fingerprint density at radius 3 is 2.62 bits per heavy atom. The Hall–Kier alpha value is -1.95. The number of nitrogen functional groups attached to an aromatic ring is 1. The van der Waals surface area contributed by atoms with Gasteiger partial charge in [-0.05, 0) is 18.1 Å². The van der Waals surface area contributed by atoms with Crippen molar-refractivity contribution in [3.05, 3.63) is 23.6 Å². The topological polar surface area (TPSA) is 52.0 Å². The Kier molecular flexibility index (Phi) is 2.16. The first-order valence-electron chi connectivity index (χ1n) is 5.09. The van der Waals surface area contributed by atoms with Gasteiger partial charge in [-0.3, -0.25) is 0 Å². The van der Waals surface area contributed by atoms with Crippen molar-refractivity contribution in [1.82, 2.24) is 4.98 Å². The Balaban J connectivity index is 2.70. The zero-order valence-electron chi connectivity index (χ0n) is 9.66. The van der Waals surface area contributed by atoms with Gasteiger partial charge in [0.25, 0.3) is 0 Å². The SMILES string of the molecule is C#Cc1oc2nc(C(C)(C)C)ccc2c1N. The molecule has 82 valence electrons. The van der Waals surface area contributed by atoms with Crippen molar-refractivity contribution in [3.63, 3.8) is 0 Å². The molecule has 2 rings (SSSR count). The molecule has 2 aromatic rings. The second-order valence-electron chi connectivity index (χ2n) is 4.79. The van der Waals surface area contributed by atoms with Gasteiger partial charge >= 0.3 is 0 Å². The lowest BCUT2D eigenvalue weighted by Crippen LogP contribution is -2.12. The number of pyridine rings is 1. The molecule has 0 amide bonds. The van der Waals surface area contributed by atoms with Crippen LogP contribution in [0, 0.1) is 12.3 Å². The summed E-state index contributed by atoms with van der Waals surface area (Å²) in [4.78, 5) is 4.43.